The van der Waals surface area contributed by atoms with Crippen LogP contribution in [0.3, 0.4) is 0 Å². The monoisotopic (exact) mass is 435 g/mol. The summed E-state index contributed by atoms with van der Waals surface area (Å²) in [5.41, 5.74) is -1.47. The minimum absolute atomic E-state index is 0.0241. The SMILES string of the molecule is N#Cc1ccc(OC(CCOc2ccc(O)cc2)COC2CCCC2)cc1C(F)(F)F. The van der Waals surface area contributed by atoms with E-state index in [9.17, 15) is 18.3 Å². The van der Waals surface area contributed by atoms with E-state index in [-0.39, 0.29) is 30.8 Å². The van der Waals surface area contributed by atoms with Gasteiger partial charge in [-0.15, -0.1) is 0 Å². The van der Waals surface area contributed by atoms with Gasteiger partial charge in [0.15, 0.2) is 0 Å². The lowest BCUT2D eigenvalue weighted by Gasteiger charge is -2.22. The third-order valence-electron chi connectivity index (χ3n) is 5.08. The molecular weight excluding hydrogens is 411 g/mol. The van der Waals surface area contributed by atoms with Gasteiger partial charge in [-0.1, -0.05) is 12.8 Å². The Morgan fingerprint density at radius 3 is 2.39 bits per heavy atom. The first-order chi connectivity index (χ1) is 14.8. The van der Waals surface area contributed by atoms with Gasteiger partial charge in [0, 0.05) is 6.42 Å². The molecule has 0 spiro atoms. The largest absolute Gasteiger partial charge is 0.508 e. The van der Waals surface area contributed by atoms with Crippen LogP contribution < -0.4 is 9.47 Å². The third kappa shape index (κ3) is 6.79. The summed E-state index contributed by atoms with van der Waals surface area (Å²) >= 11 is 0. The fourth-order valence-electron chi connectivity index (χ4n) is 3.45. The average Bonchev–Trinajstić information content (AvgIpc) is 3.26. The molecule has 1 fully saturated rings. The van der Waals surface area contributed by atoms with Crippen molar-refractivity contribution in [1.82, 2.24) is 0 Å². The van der Waals surface area contributed by atoms with Gasteiger partial charge in [-0.3, -0.25) is 0 Å². The van der Waals surface area contributed by atoms with Gasteiger partial charge in [-0.05, 0) is 55.3 Å². The van der Waals surface area contributed by atoms with Crippen molar-refractivity contribution >= 4 is 0 Å². The number of phenols is 1. The number of hydrogen-bond acceptors (Lipinski definition) is 5. The van der Waals surface area contributed by atoms with Gasteiger partial charge in [-0.2, -0.15) is 18.4 Å². The normalized spacial score (nSPS) is 15.4. The molecule has 2 aromatic carbocycles. The number of halogens is 3. The van der Waals surface area contributed by atoms with Crippen molar-refractivity contribution in [3.05, 3.63) is 53.6 Å². The predicted octanol–water partition coefficient (Wildman–Crippen LogP) is 5.46. The van der Waals surface area contributed by atoms with Gasteiger partial charge in [0.25, 0.3) is 0 Å². The Bertz CT molecular complexity index is 887. The fraction of sp³-hybridized carbons (Fsp3) is 0.435. The van der Waals surface area contributed by atoms with Gasteiger partial charge in [-0.25, -0.2) is 0 Å². The van der Waals surface area contributed by atoms with Crippen LogP contribution in [-0.4, -0.2) is 30.5 Å². The minimum Gasteiger partial charge on any atom is -0.508 e. The van der Waals surface area contributed by atoms with Crippen molar-refractivity contribution < 1.29 is 32.5 Å². The summed E-state index contributed by atoms with van der Waals surface area (Å²) < 4.78 is 57.1. The van der Waals surface area contributed by atoms with Crippen LogP contribution in [0.15, 0.2) is 42.5 Å². The minimum atomic E-state index is -4.65. The zero-order chi connectivity index (χ0) is 22.3. The second-order valence-electron chi connectivity index (χ2n) is 7.43. The number of benzene rings is 2. The molecule has 1 aliphatic carbocycles. The maximum Gasteiger partial charge on any atom is 0.417 e. The van der Waals surface area contributed by atoms with Crippen LogP contribution in [-0.2, 0) is 10.9 Å². The maximum absolute atomic E-state index is 13.3. The van der Waals surface area contributed by atoms with Crippen LogP contribution in [0.4, 0.5) is 13.2 Å². The van der Waals surface area contributed by atoms with Crippen molar-refractivity contribution in [3.63, 3.8) is 0 Å². The van der Waals surface area contributed by atoms with Gasteiger partial charge in [0.05, 0.1) is 36.5 Å². The quantitative estimate of drug-likeness (QED) is 0.566. The highest BCUT2D eigenvalue weighted by Gasteiger charge is 2.34. The number of nitrogens with zero attached hydrogens (tertiary/aromatic N) is 1. The molecule has 1 aliphatic rings. The highest BCUT2D eigenvalue weighted by Crippen LogP contribution is 2.34. The topological polar surface area (TPSA) is 71.7 Å². The van der Waals surface area contributed by atoms with Crippen molar-refractivity contribution in [2.75, 3.05) is 13.2 Å². The molecule has 0 bridgehead atoms. The molecule has 5 nitrogen and oxygen atoms in total. The number of aromatic hydroxyl groups is 1. The maximum atomic E-state index is 13.3. The molecule has 166 valence electrons. The summed E-state index contributed by atoms with van der Waals surface area (Å²) in [5, 5.41) is 18.3. The van der Waals surface area contributed by atoms with Crippen molar-refractivity contribution in [1.29, 1.82) is 5.26 Å². The van der Waals surface area contributed by atoms with Crippen LogP contribution in [0.5, 0.6) is 17.2 Å². The van der Waals surface area contributed by atoms with E-state index in [1.807, 2.05) is 0 Å². The van der Waals surface area contributed by atoms with Gasteiger partial charge < -0.3 is 19.3 Å². The molecule has 0 heterocycles. The molecule has 1 unspecified atom stereocenters. The Hall–Kier alpha value is -2.92. The predicted molar refractivity (Wildman–Crippen MR) is 107 cm³/mol. The van der Waals surface area contributed by atoms with Crippen LogP contribution in [0, 0.1) is 11.3 Å². The molecule has 31 heavy (non-hydrogen) atoms. The molecule has 0 radical (unpaired) electrons. The van der Waals surface area contributed by atoms with E-state index in [4.69, 9.17) is 19.5 Å². The lowest BCUT2D eigenvalue weighted by atomic mass is 10.1. The van der Waals surface area contributed by atoms with Gasteiger partial charge in [0.1, 0.15) is 23.4 Å². The summed E-state index contributed by atoms with van der Waals surface area (Å²) in [6.07, 6.45) is -0.521. The Labute approximate surface area is 179 Å². The molecule has 0 amide bonds. The molecule has 0 saturated heterocycles. The third-order valence-corrected chi connectivity index (χ3v) is 5.08. The average molecular weight is 435 g/mol. The number of ether oxygens (including phenoxy) is 3. The van der Waals surface area contributed by atoms with E-state index < -0.39 is 23.4 Å². The lowest BCUT2D eigenvalue weighted by Crippen LogP contribution is -2.28. The second-order valence-corrected chi connectivity index (χ2v) is 7.43. The highest BCUT2D eigenvalue weighted by molar-refractivity contribution is 5.44. The Morgan fingerprint density at radius 2 is 1.74 bits per heavy atom. The fourth-order valence-corrected chi connectivity index (χ4v) is 3.45. The standard InChI is InChI=1S/C23H24F3NO4/c24-23(25,26)22-13-20(8-5-16(22)14-27)31-21(15-30-18-3-1-2-4-18)11-12-29-19-9-6-17(28)7-10-19/h5-10,13,18,21,28H,1-4,11-12,15H2. The van der Waals surface area contributed by atoms with E-state index in [1.165, 1.54) is 18.2 Å². The summed E-state index contributed by atoms with van der Waals surface area (Å²) in [6.45, 7) is 0.483. The summed E-state index contributed by atoms with van der Waals surface area (Å²) in [7, 11) is 0. The number of nitriles is 1. The molecule has 0 aromatic heterocycles. The van der Waals surface area contributed by atoms with E-state index in [2.05, 4.69) is 0 Å². The van der Waals surface area contributed by atoms with Crippen molar-refractivity contribution in [2.24, 2.45) is 0 Å². The van der Waals surface area contributed by atoms with E-state index in [0.29, 0.717) is 12.2 Å². The van der Waals surface area contributed by atoms with Gasteiger partial charge in [0.2, 0.25) is 0 Å². The Kier molecular flexibility index (Phi) is 7.64. The van der Waals surface area contributed by atoms with Crippen LogP contribution in [0.1, 0.15) is 43.2 Å². The van der Waals surface area contributed by atoms with Crippen LogP contribution in [0.25, 0.3) is 0 Å². The molecule has 1 atom stereocenters. The summed E-state index contributed by atoms with van der Waals surface area (Å²) in [6, 6.07) is 11.1. The first-order valence-corrected chi connectivity index (χ1v) is 10.2. The van der Waals surface area contributed by atoms with Gasteiger partial charge >= 0.3 is 6.18 Å². The van der Waals surface area contributed by atoms with Crippen LogP contribution in [0.2, 0.25) is 0 Å². The molecule has 0 aliphatic heterocycles. The number of rotatable bonds is 9. The van der Waals surface area contributed by atoms with E-state index in [1.54, 1.807) is 18.2 Å². The van der Waals surface area contributed by atoms with E-state index >= 15 is 0 Å². The first-order valence-electron chi connectivity index (χ1n) is 10.2. The molecular formula is C23H24F3NO4. The van der Waals surface area contributed by atoms with Crippen molar-refractivity contribution in [2.45, 2.75) is 50.5 Å². The second kappa shape index (κ2) is 10.4. The molecule has 8 heteroatoms. The zero-order valence-electron chi connectivity index (χ0n) is 16.9. The smallest absolute Gasteiger partial charge is 0.417 e. The molecule has 1 N–H and O–H groups in total. The van der Waals surface area contributed by atoms with Crippen molar-refractivity contribution in [3.8, 4) is 23.3 Å². The Balaban J connectivity index is 1.66. The molecule has 2 aromatic rings. The van der Waals surface area contributed by atoms with E-state index in [0.717, 1.165) is 37.8 Å². The number of alkyl halides is 3. The zero-order valence-corrected chi connectivity index (χ0v) is 16.9. The summed E-state index contributed by atoms with van der Waals surface area (Å²) in [5.74, 6) is 0.710. The Morgan fingerprint density at radius 1 is 1.06 bits per heavy atom. The lowest BCUT2D eigenvalue weighted by molar-refractivity contribution is -0.137. The van der Waals surface area contributed by atoms with Crippen LogP contribution >= 0.6 is 0 Å². The molecule has 1 saturated carbocycles. The highest BCUT2D eigenvalue weighted by atomic mass is 19.4. The number of phenolic OH excluding ortho intramolecular Hbond substituents is 1. The first kappa shape index (κ1) is 22.8. The molecule has 3 rings (SSSR count). The summed E-state index contributed by atoms with van der Waals surface area (Å²) in [4.78, 5) is 0. The number of hydrogen-bond donors (Lipinski definition) is 1.